The van der Waals surface area contributed by atoms with Crippen molar-refractivity contribution in [2.45, 2.75) is 52.4 Å². The molecule has 4 aliphatic carbocycles. The Bertz CT molecular complexity index is 667. The summed E-state index contributed by atoms with van der Waals surface area (Å²) in [6.07, 6.45) is 11.6. The third kappa shape index (κ3) is 1.87. The highest BCUT2D eigenvalue weighted by Crippen LogP contribution is 2.64. The van der Waals surface area contributed by atoms with E-state index in [1.54, 1.807) is 6.08 Å². The predicted molar refractivity (Wildman–Crippen MR) is 90.8 cm³/mol. The second-order valence-electron chi connectivity index (χ2n) is 8.50. The highest BCUT2D eigenvalue weighted by molar-refractivity contribution is 6.05. The lowest BCUT2D eigenvalue weighted by atomic mass is 9.46. The van der Waals surface area contributed by atoms with Crippen LogP contribution in [0.3, 0.4) is 0 Å². The molecule has 0 N–H and O–H groups in total. The Hall–Kier alpha value is -1.44. The Morgan fingerprint density at radius 2 is 1.96 bits per heavy atom. The highest BCUT2D eigenvalue weighted by Gasteiger charge is 2.58. The highest BCUT2D eigenvalue weighted by atomic mass is 16.1. The molecule has 23 heavy (non-hydrogen) atoms. The Labute approximate surface area is 138 Å². The van der Waals surface area contributed by atoms with E-state index in [9.17, 15) is 9.59 Å². The maximum Gasteiger partial charge on any atom is 0.159 e. The minimum atomic E-state index is -0.0772. The van der Waals surface area contributed by atoms with Crippen LogP contribution < -0.4 is 0 Å². The van der Waals surface area contributed by atoms with Crippen LogP contribution in [0.5, 0.6) is 0 Å². The summed E-state index contributed by atoms with van der Waals surface area (Å²) in [5.41, 5.74) is 2.35. The van der Waals surface area contributed by atoms with Crippen LogP contribution in [-0.4, -0.2) is 11.6 Å². The minimum absolute atomic E-state index is 0.0772. The van der Waals surface area contributed by atoms with Gasteiger partial charge in [-0.25, -0.2) is 0 Å². The minimum Gasteiger partial charge on any atom is -0.295 e. The third-order valence-corrected chi connectivity index (χ3v) is 7.65. The SMILES string of the molecule is C=CC1=CCC2C3CC(=O)C4=CC(=O)CCC4(C)C3CCC12C. The topological polar surface area (TPSA) is 34.1 Å². The zero-order valence-corrected chi connectivity index (χ0v) is 14.2. The van der Waals surface area contributed by atoms with Crippen molar-refractivity contribution in [2.75, 3.05) is 0 Å². The van der Waals surface area contributed by atoms with Gasteiger partial charge in [0.05, 0.1) is 0 Å². The van der Waals surface area contributed by atoms with Crippen LogP contribution in [-0.2, 0) is 9.59 Å². The summed E-state index contributed by atoms with van der Waals surface area (Å²) in [4.78, 5) is 24.7. The Morgan fingerprint density at radius 1 is 1.17 bits per heavy atom. The molecule has 4 rings (SSSR count). The van der Waals surface area contributed by atoms with E-state index in [1.165, 1.54) is 12.0 Å². The van der Waals surface area contributed by atoms with E-state index in [0.29, 0.717) is 30.6 Å². The molecular weight excluding hydrogens is 284 g/mol. The molecule has 0 aromatic heterocycles. The lowest BCUT2D eigenvalue weighted by molar-refractivity contribution is -0.129. The standard InChI is InChI=1S/C21H26O2/c1-4-13-5-6-16-15-12-19(23)18-11-14(22)7-9-21(18,3)17(15)8-10-20(13,16)2/h4-5,11,15-17H,1,6-10,12H2,2-3H3. The number of carbonyl (C=O) groups is 2. The first-order valence-electron chi connectivity index (χ1n) is 9.01. The molecule has 0 radical (unpaired) electrons. The lowest BCUT2D eigenvalue weighted by Gasteiger charge is -2.57. The molecule has 0 aromatic rings. The van der Waals surface area contributed by atoms with E-state index in [-0.39, 0.29) is 22.4 Å². The second kappa shape index (κ2) is 4.78. The van der Waals surface area contributed by atoms with Crippen LogP contribution in [0.1, 0.15) is 52.4 Å². The van der Waals surface area contributed by atoms with Crippen molar-refractivity contribution in [3.8, 4) is 0 Å². The Kier molecular flexibility index (Phi) is 3.14. The predicted octanol–water partition coefficient (Wildman–Crippen LogP) is 4.42. The third-order valence-electron chi connectivity index (χ3n) is 7.65. The van der Waals surface area contributed by atoms with Crippen LogP contribution in [0.2, 0.25) is 0 Å². The van der Waals surface area contributed by atoms with Crippen molar-refractivity contribution in [2.24, 2.45) is 28.6 Å². The molecule has 5 unspecified atom stereocenters. The molecule has 0 heterocycles. The van der Waals surface area contributed by atoms with Gasteiger partial charge in [0.15, 0.2) is 11.6 Å². The number of carbonyl (C=O) groups excluding carboxylic acids is 2. The monoisotopic (exact) mass is 310 g/mol. The lowest BCUT2D eigenvalue weighted by Crippen LogP contribution is -2.52. The molecule has 0 aliphatic heterocycles. The number of hydrogen-bond acceptors (Lipinski definition) is 2. The van der Waals surface area contributed by atoms with Gasteiger partial charge in [0.2, 0.25) is 0 Å². The molecule has 4 aliphatic rings. The van der Waals surface area contributed by atoms with E-state index in [1.807, 2.05) is 6.08 Å². The second-order valence-corrected chi connectivity index (χ2v) is 8.50. The molecule has 2 heteroatoms. The molecule has 2 fully saturated rings. The molecule has 0 saturated heterocycles. The van der Waals surface area contributed by atoms with Gasteiger partial charge in [-0.15, -0.1) is 0 Å². The Morgan fingerprint density at radius 3 is 2.70 bits per heavy atom. The van der Waals surface area contributed by atoms with Gasteiger partial charge in [-0.05, 0) is 65.9 Å². The summed E-state index contributed by atoms with van der Waals surface area (Å²) in [5.74, 6) is 1.95. The van der Waals surface area contributed by atoms with Crippen LogP contribution in [0.25, 0.3) is 0 Å². The van der Waals surface area contributed by atoms with Crippen molar-refractivity contribution in [1.82, 2.24) is 0 Å². The van der Waals surface area contributed by atoms with Crippen LogP contribution in [0.15, 0.2) is 36.0 Å². The van der Waals surface area contributed by atoms with Crippen LogP contribution in [0.4, 0.5) is 0 Å². The summed E-state index contributed by atoms with van der Waals surface area (Å²) >= 11 is 0. The van der Waals surface area contributed by atoms with Crippen LogP contribution in [0, 0.1) is 28.6 Å². The fourth-order valence-corrected chi connectivity index (χ4v) is 6.30. The van der Waals surface area contributed by atoms with Crippen molar-refractivity contribution in [3.63, 3.8) is 0 Å². The number of ketones is 2. The van der Waals surface area contributed by atoms with Gasteiger partial charge in [0.1, 0.15) is 0 Å². The first-order chi connectivity index (χ1) is 10.9. The van der Waals surface area contributed by atoms with Crippen molar-refractivity contribution in [3.05, 3.63) is 36.0 Å². The molecule has 0 aromatic carbocycles. The zero-order valence-electron chi connectivity index (χ0n) is 14.2. The molecule has 2 saturated carbocycles. The summed E-state index contributed by atoms with van der Waals surface area (Å²) in [7, 11) is 0. The molecule has 2 nitrogen and oxygen atoms in total. The largest absolute Gasteiger partial charge is 0.295 e. The summed E-state index contributed by atoms with van der Waals surface area (Å²) in [6.45, 7) is 8.63. The average molecular weight is 310 g/mol. The van der Waals surface area contributed by atoms with Gasteiger partial charge in [-0.3, -0.25) is 9.59 Å². The number of allylic oxidation sites excluding steroid dienone is 5. The maximum atomic E-state index is 12.8. The van der Waals surface area contributed by atoms with E-state index in [4.69, 9.17) is 0 Å². The molecule has 0 amide bonds. The van der Waals surface area contributed by atoms with E-state index >= 15 is 0 Å². The number of Topliss-reactive ketones (excluding diaryl/α,β-unsaturated/α-hetero) is 1. The molecular formula is C21H26O2. The molecule has 122 valence electrons. The van der Waals surface area contributed by atoms with E-state index < -0.39 is 0 Å². The fourth-order valence-electron chi connectivity index (χ4n) is 6.30. The van der Waals surface area contributed by atoms with Crippen molar-refractivity contribution < 1.29 is 9.59 Å². The first-order valence-corrected chi connectivity index (χ1v) is 9.01. The van der Waals surface area contributed by atoms with Crippen LogP contribution >= 0.6 is 0 Å². The fraction of sp³-hybridized carbons (Fsp3) is 0.619. The number of rotatable bonds is 1. The maximum absolute atomic E-state index is 12.8. The van der Waals surface area contributed by atoms with Gasteiger partial charge >= 0.3 is 0 Å². The Balaban J connectivity index is 1.74. The number of fused-ring (bicyclic) bond motifs is 5. The van der Waals surface area contributed by atoms with Gasteiger partial charge < -0.3 is 0 Å². The van der Waals surface area contributed by atoms with E-state index in [2.05, 4.69) is 26.5 Å². The van der Waals surface area contributed by atoms with E-state index in [0.717, 1.165) is 24.8 Å². The quantitative estimate of drug-likeness (QED) is 0.718. The molecule has 0 bridgehead atoms. The van der Waals surface area contributed by atoms with Gasteiger partial charge in [-0.1, -0.05) is 32.6 Å². The van der Waals surface area contributed by atoms with Crippen molar-refractivity contribution in [1.29, 1.82) is 0 Å². The normalized spacial score (nSPS) is 45.6. The van der Waals surface area contributed by atoms with Crippen molar-refractivity contribution >= 4 is 11.6 Å². The van der Waals surface area contributed by atoms with Gasteiger partial charge in [-0.2, -0.15) is 0 Å². The first kappa shape index (κ1) is 15.1. The average Bonchev–Trinajstić information content (AvgIpc) is 2.86. The van der Waals surface area contributed by atoms with Gasteiger partial charge in [0, 0.05) is 18.4 Å². The summed E-state index contributed by atoms with van der Waals surface area (Å²) in [5, 5.41) is 0. The molecule has 5 atom stereocenters. The summed E-state index contributed by atoms with van der Waals surface area (Å²) in [6, 6.07) is 0. The summed E-state index contributed by atoms with van der Waals surface area (Å²) < 4.78 is 0. The molecule has 0 spiro atoms. The zero-order chi connectivity index (χ0) is 16.4. The van der Waals surface area contributed by atoms with Gasteiger partial charge in [0.25, 0.3) is 0 Å². The smallest absolute Gasteiger partial charge is 0.159 e. The number of hydrogen-bond donors (Lipinski definition) is 0.